The predicted octanol–water partition coefficient (Wildman–Crippen LogP) is 3.84. The van der Waals surface area contributed by atoms with Crippen LogP contribution in [0.2, 0.25) is 0 Å². The molecule has 1 N–H and O–H groups in total. The van der Waals surface area contributed by atoms with Gasteiger partial charge in [0.2, 0.25) is 0 Å². The lowest BCUT2D eigenvalue weighted by Gasteiger charge is -2.13. The van der Waals surface area contributed by atoms with Gasteiger partial charge in [-0.3, -0.25) is 9.48 Å². The number of aryl methyl sites for hydroxylation is 2. The second kappa shape index (κ2) is 7.63. The molecule has 146 valence electrons. The van der Waals surface area contributed by atoms with Crippen LogP contribution in [-0.4, -0.2) is 32.3 Å². The molecule has 0 fully saturated rings. The standard InChI is InChI=1S/C22H21N5O2/c1-15-12-21(25-26(15)2)24-22(28)17-6-9-20(27-11-10-23-14-27)19(13-17)16-4-7-18(29-3)8-5-16/h4-14H,1-3H3,(H,24,25,28). The third-order valence-electron chi connectivity index (χ3n) is 4.80. The summed E-state index contributed by atoms with van der Waals surface area (Å²) in [7, 11) is 3.48. The highest BCUT2D eigenvalue weighted by Crippen LogP contribution is 2.30. The Hall–Kier alpha value is -3.87. The summed E-state index contributed by atoms with van der Waals surface area (Å²) in [4.78, 5) is 17.0. The minimum absolute atomic E-state index is 0.213. The summed E-state index contributed by atoms with van der Waals surface area (Å²) < 4.78 is 8.90. The van der Waals surface area contributed by atoms with Crippen LogP contribution in [0, 0.1) is 6.92 Å². The minimum Gasteiger partial charge on any atom is -0.497 e. The van der Waals surface area contributed by atoms with E-state index in [1.807, 2.05) is 67.2 Å². The first kappa shape index (κ1) is 18.5. The second-order valence-corrected chi connectivity index (χ2v) is 6.68. The van der Waals surface area contributed by atoms with Crippen molar-refractivity contribution in [2.75, 3.05) is 12.4 Å². The molecule has 0 aliphatic rings. The Morgan fingerprint density at radius 2 is 1.90 bits per heavy atom. The van der Waals surface area contributed by atoms with E-state index in [1.54, 1.807) is 30.4 Å². The molecule has 2 heterocycles. The van der Waals surface area contributed by atoms with Gasteiger partial charge >= 0.3 is 0 Å². The normalized spacial score (nSPS) is 10.7. The molecule has 7 heteroatoms. The van der Waals surface area contributed by atoms with E-state index >= 15 is 0 Å². The van der Waals surface area contributed by atoms with E-state index in [9.17, 15) is 4.79 Å². The summed E-state index contributed by atoms with van der Waals surface area (Å²) in [5, 5.41) is 7.15. The van der Waals surface area contributed by atoms with Crippen molar-refractivity contribution in [3.63, 3.8) is 0 Å². The van der Waals surface area contributed by atoms with Crippen molar-refractivity contribution in [1.29, 1.82) is 0 Å². The van der Waals surface area contributed by atoms with Crippen molar-refractivity contribution in [1.82, 2.24) is 19.3 Å². The number of carbonyl (C=O) groups excluding carboxylic acids is 1. The van der Waals surface area contributed by atoms with Gasteiger partial charge in [-0.25, -0.2) is 4.98 Å². The lowest BCUT2D eigenvalue weighted by Crippen LogP contribution is -2.13. The highest BCUT2D eigenvalue weighted by atomic mass is 16.5. The molecule has 2 aromatic carbocycles. The number of hydrogen-bond acceptors (Lipinski definition) is 4. The number of benzene rings is 2. The lowest BCUT2D eigenvalue weighted by molar-refractivity contribution is 0.102. The van der Waals surface area contributed by atoms with Gasteiger partial charge < -0.3 is 14.6 Å². The Labute approximate surface area is 168 Å². The van der Waals surface area contributed by atoms with Gasteiger partial charge in [0.15, 0.2) is 5.82 Å². The average molecular weight is 387 g/mol. The fourth-order valence-electron chi connectivity index (χ4n) is 3.12. The van der Waals surface area contributed by atoms with Gasteiger partial charge in [-0.1, -0.05) is 12.1 Å². The monoisotopic (exact) mass is 387 g/mol. The number of methoxy groups -OCH3 is 1. The van der Waals surface area contributed by atoms with Crippen LogP contribution in [0.1, 0.15) is 16.1 Å². The number of nitrogens with zero attached hydrogens (tertiary/aromatic N) is 4. The van der Waals surface area contributed by atoms with E-state index in [0.29, 0.717) is 11.4 Å². The van der Waals surface area contributed by atoms with Crippen molar-refractivity contribution in [3.8, 4) is 22.6 Å². The highest BCUT2D eigenvalue weighted by molar-refractivity contribution is 6.05. The summed E-state index contributed by atoms with van der Waals surface area (Å²) in [6.07, 6.45) is 5.33. The van der Waals surface area contributed by atoms with E-state index in [1.165, 1.54) is 0 Å². The lowest BCUT2D eigenvalue weighted by atomic mass is 10.00. The quantitative estimate of drug-likeness (QED) is 0.565. The summed E-state index contributed by atoms with van der Waals surface area (Å²) in [5.74, 6) is 1.09. The summed E-state index contributed by atoms with van der Waals surface area (Å²) in [6, 6.07) is 15.2. The van der Waals surface area contributed by atoms with Crippen LogP contribution in [-0.2, 0) is 7.05 Å². The van der Waals surface area contributed by atoms with Crippen molar-refractivity contribution in [2.24, 2.45) is 7.05 Å². The van der Waals surface area contributed by atoms with Crippen LogP contribution < -0.4 is 10.1 Å². The SMILES string of the molecule is COc1ccc(-c2cc(C(=O)Nc3cc(C)n(C)n3)ccc2-n2ccnc2)cc1. The molecule has 0 saturated carbocycles. The molecule has 0 aliphatic carbocycles. The third-order valence-corrected chi connectivity index (χ3v) is 4.80. The molecular weight excluding hydrogens is 366 g/mol. The van der Waals surface area contributed by atoms with Gasteiger partial charge in [0.05, 0.1) is 19.1 Å². The number of hydrogen-bond donors (Lipinski definition) is 1. The van der Waals surface area contributed by atoms with Gasteiger partial charge in [0.25, 0.3) is 5.91 Å². The Morgan fingerprint density at radius 3 is 2.52 bits per heavy atom. The first-order valence-electron chi connectivity index (χ1n) is 9.14. The molecule has 4 rings (SSSR count). The number of carbonyl (C=O) groups is 1. The number of amides is 1. The van der Waals surface area contributed by atoms with Crippen molar-refractivity contribution in [2.45, 2.75) is 6.92 Å². The highest BCUT2D eigenvalue weighted by Gasteiger charge is 2.14. The van der Waals surface area contributed by atoms with Crippen LogP contribution in [0.15, 0.2) is 67.3 Å². The molecule has 0 saturated heterocycles. The first-order valence-corrected chi connectivity index (χ1v) is 9.14. The number of anilines is 1. The van der Waals surface area contributed by atoms with Crippen LogP contribution in [0.25, 0.3) is 16.8 Å². The molecule has 0 unspecified atom stereocenters. The fraction of sp³-hybridized carbons (Fsp3) is 0.136. The number of aromatic nitrogens is 4. The number of nitrogens with one attached hydrogen (secondary N) is 1. The molecule has 0 radical (unpaired) electrons. The van der Waals surface area contributed by atoms with E-state index in [2.05, 4.69) is 15.4 Å². The molecule has 0 aliphatic heterocycles. The van der Waals surface area contributed by atoms with Crippen molar-refractivity contribution in [3.05, 3.63) is 78.5 Å². The summed E-state index contributed by atoms with van der Waals surface area (Å²) in [5.41, 5.74) is 4.32. The maximum Gasteiger partial charge on any atom is 0.256 e. The largest absolute Gasteiger partial charge is 0.497 e. The third kappa shape index (κ3) is 3.75. The topological polar surface area (TPSA) is 74.0 Å². The number of rotatable bonds is 5. The predicted molar refractivity (Wildman–Crippen MR) is 111 cm³/mol. The second-order valence-electron chi connectivity index (χ2n) is 6.68. The maximum absolute atomic E-state index is 12.8. The van der Waals surface area contributed by atoms with Gasteiger partial charge in [-0.15, -0.1) is 0 Å². The molecule has 0 bridgehead atoms. The molecular formula is C22H21N5O2. The fourth-order valence-corrected chi connectivity index (χ4v) is 3.12. The Morgan fingerprint density at radius 1 is 1.10 bits per heavy atom. The van der Waals surface area contributed by atoms with E-state index in [0.717, 1.165) is 28.3 Å². The zero-order valence-corrected chi connectivity index (χ0v) is 16.5. The average Bonchev–Trinajstić information content (AvgIpc) is 3.38. The van der Waals surface area contributed by atoms with Crippen molar-refractivity contribution < 1.29 is 9.53 Å². The minimum atomic E-state index is -0.213. The Kier molecular flexibility index (Phi) is 4.87. The smallest absolute Gasteiger partial charge is 0.256 e. The number of imidazole rings is 1. The maximum atomic E-state index is 12.8. The van der Waals surface area contributed by atoms with Crippen LogP contribution in [0.3, 0.4) is 0 Å². The Balaban J connectivity index is 1.73. The Bertz CT molecular complexity index is 1130. The van der Waals surface area contributed by atoms with E-state index in [-0.39, 0.29) is 5.91 Å². The molecule has 0 atom stereocenters. The van der Waals surface area contributed by atoms with Crippen LogP contribution in [0.4, 0.5) is 5.82 Å². The first-order chi connectivity index (χ1) is 14.0. The molecule has 1 amide bonds. The molecule has 0 spiro atoms. The van der Waals surface area contributed by atoms with E-state index < -0.39 is 0 Å². The summed E-state index contributed by atoms with van der Waals surface area (Å²) in [6.45, 7) is 1.93. The van der Waals surface area contributed by atoms with E-state index in [4.69, 9.17) is 4.74 Å². The van der Waals surface area contributed by atoms with Crippen LogP contribution >= 0.6 is 0 Å². The molecule has 2 aromatic heterocycles. The van der Waals surface area contributed by atoms with Gasteiger partial charge in [-0.05, 0) is 42.8 Å². The van der Waals surface area contributed by atoms with Crippen molar-refractivity contribution >= 4 is 11.7 Å². The molecule has 7 nitrogen and oxygen atoms in total. The van der Waals surface area contributed by atoms with Gasteiger partial charge in [0, 0.05) is 42.3 Å². The summed E-state index contributed by atoms with van der Waals surface area (Å²) >= 11 is 0. The zero-order chi connectivity index (χ0) is 20.4. The zero-order valence-electron chi connectivity index (χ0n) is 16.5. The van der Waals surface area contributed by atoms with Crippen LogP contribution in [0.5, 0.6) is 5.75 Å². The molecule has 29 heavy (non-hydrogen) atoms. The van der Waals surface area contributed by atoms with Gasteiger partial charge in [0.1, 0.15) is 5.75 Å². The molecule has 4 aromatic rings. The number of ether oxygens (including phenoxy) is 1. The van der Waals surface area contributed by atoms with Gasteiger partial charge in [-0.2, -0.15) is 5.10 Å².